The Labute approximate surface area is 249 Å². The summed E-state index contributed by atoms with van der Waals surface area (Å²) in [6, 6.07) is 22.7. The minimum Gasteiger partial charge on any atom is -0.442 e. The Bertz CT molecular complexity index is 1640. The van der Waals surface area contributed by atoms with Crippen LogP contribution in [0.2, 0.25) is 0 Å². The van der Waals surface area contributed by atoms with Crippen LogP contribution in [0.4, 0.5) is 18.0 Å². The largest absolute Gasteiger partial charge is 0.442 e. The molecule has 1 unspecified atom stereocenters. The smallest absolute Gasteiger partial charge is 0.437 e. The van der Waals surface area contributed by atoms with Crippen LogP contribution in [-0.2, 0) is 22.5 Å². The lowest BCUT2D eigenvalue weighted by atomic mass is 10.0. The third-order valence-electron chi connectivity index (χ3n) is 6.79. The molecule has 0 saturated heterocycles. The van der Waals surface area contributed by atoms with Gasteiger partial charge in [-0.1, -0.05) is 71.8 Å². The molecule has 43 heavy (non-hydrogen) atoms. The molecule has 10 heteroatoms. The number of nitrogens with zero attached hydrogens (tertiary/aromatic N) is 3. The molecule has 1 atom stereocenters. The summed E-state index contributed by atoms with van der Waals surface area (Å²) in [5.41, 5.74) is 4.97. The minimum atomic E-state index is -4.63. The fourth-order valence-electron chi connectivity index (χ4n) is 4.84. The Morgan fingerprint density at radius 2 is 1.42 bits per heavy atom. The van der Waals surface area contributed by atoms with Crippen molar-refractivity contribution in [3.63, 3.8) is 0 Å². The normalized spacial score (nSPS) is 13.3. The summed E-state index contributed by atoms with van der Waals surface area (Å²) in [5.74, 6) is -1.13. The number of benzene rings is 3. The first-order valence-electron chi connectivity index (χ1n) is 14.1. The molecule has 0 aliphatic carbocycles. The number of alkyl halides is 3. The molecule has 0 aliphatic heterocycles. The molecule has 1 heterocycles. The van der Waals surface area contributed by atoms with Gasteiger partial charge in [-0.2, -0.15) is 13.2 Å². The molecular formula is C33H37F3N4O3. The number of aromatic nitrogens is 2. The topological polar surface area (TPSA) is 77.6 Å². The SMILES string of the molecule is Cc1ccc(CC(CNC(=O)CC(F)(F)F)n2c(=NC(=O)OC(C)(C)C)n(Cc3ccc(C)cc3)c3ccccc32)cc1. The van der Waals surface area contributed by atoms with E-state index in [1.807, 2.05) is 95.8 Å². The first-order valence-corrected chi connectivity index (χ1v) is 14.1. The monoisotopic (exact) mass is 594 g/mol. The van der Waals surface area contributed by atoms with Crippen molar-refractivity contribution < 1.29 is 27.5 Å². The predicted molar refractivity (Wildman–Crippen MR) is 160 cm³/mol. The van der Waals surface area contributed by atoms with Crippen molar-refractivity contribution in [3.8, 4) is 0 Å². The average molecular weight is 595 g/mol. The Kier molecular flexibility index (Phi) is 9.47. The average Bonchev–Trinajstić information content (AvgIpc) is 3.19. The van der Waals surface area contributed by atoms with Gasteiger partial charge in [0, 0.05) is 6.54 Å². The van der Waals surface area contributed by atoms with Crippen LogP contribution in [0, 0.1) is 13.8 Å². The summed E-state index contributed by atoms with van der Waals surface area (Å²) in [6.07, 6.45) is -6.67. The Morgan fingerprint density at radius 3 is 1.98 bits per heavy atom. The van der Waals surface area contributed by atoms with Gasteiger partial charge in [-0.25, -0.2) is 4.79 Å². The molecule has 0 fully saturated rings. The molecule has 0 bridgehead atoms. The zero-order valence-electron chi connectivity index (χ0n) is 25.0. The van der Waals surface area contributed by atoms with Gasteiger partial charge in [0.1, 0.15) is 12.0 Å². The highest BCUT2D eigenvalue weighted by Gasteiger charge is 2.32. The lowest BCUT2D eigenvalue weighted by Gasteiger charge is -2.22. The second-order valence-corrected chi connectivity index (χ2v) is 11.8. The number of para-hydroxylation sites is 2. The number of carbonyl (C=O) groups excluding carboxylic acids is 2. The third kappa shape index (κ3) is 8.83. The van der Waals surface area contributed by atoms with Crippen LogP contribution in [0.1, 0.15) is 55.5 Å². The zero-order chi connectivity index (χ0) is 31.4. The number of fused-ring (bicyclic) bond motifs is 1. The zero-order valence-corrected chi connectivity index (χ0v) is 25.0. The minimum absolute atomic E-state index is 0.122. The van der Waals surface area contributed by atoms with Gasteiger partial charge in [0.15, 0.2) is 0 Å². The van der Waals surface area contributed by atoms with Crippen molar-refractivity contribution in [2.75, 3.05) is 6.54 Å². The van der Waals surface area contributed by atoms with Crippen molar-refractivity contribution in [2.45, 2.75) is 71.8 Å². The molecule has 3 aromatic carbocycles. The first-order chi connectivity index (χ1) is 20.2. The number of rotatable bonds is 8. The summed E-state index contributed by atoms with van der Waals surface area (Å²) in [5, 5.41) is 2.47. The molecule has 2 amide bonds. The van der Waals surface area contributed by atoms with Crippen molar-refractivity contribution >= 4 is 23.0 Å². The van der Waals surface area contributed by atoms with E-state index in [2.05, 4.69) is 10.3 Å². The van der Waals surface area contributed by atoms with Gasteiger partial charge in [0.2, 0.25) is 11.5 Å². The van der Waals surface area contributed by atoms with Crippen LogP contribution in [0.3, 0.4) is 0 Å². The van der Waals surface area contributed by atoms with Gasteiger partial charge in [0.05, 0.1) is 23.6 Å². The van der Waals surface area contributed by atoms with E-state index in [9.17, 15) is 22.8 Å². The van der Waals surface area contributed by atoms with E-state index in [-0.39, 0.29) is 12.2 Å². The lowest BCUT2D eigenvalue weighted by molar-refractivity contribution is -0.153. The van der Waals surface area contributed by atoms with Gasteiger partial charge < -0.3 is 19.2 Å². The summed E-state index contributed by atoms with van der Waals surface area (Å²) in [7, 11) is 0. The molecule has 0 aliphatic rings. The molecule has 0 spiro atoms. The molecule has 1 N–H and O–H groups in total. The number of imidazole rings is 1. The van der Waals surface area contributed by atoms with E-state index in [0.29, 0.717) is 18.5 Å². The number of aryl methyl sites for hydroxylation is 2. The molecule has 0 radical (unpaired) electrons. The van der Waals surface area contributed by atoms with Gasteiger partial charge in [-0.3, -0.25) is 4.79 Å². The van der Waals surface area contributed by atoms with E-state index in [4.69, 9.17) is 4.74 Å². The standard InChI is InChI=1S/C33H37F3N4O3/c1-22-10-14-24(15-11-22)18-26(20-37-29(41)19-33(34,35)36)40-28-9-7-6-8-27(28)39(21-25-16-12-23(2)13-17-25)30(40)38-31(42)43-32(3,4)5/h6-17,26H,18-21H2,1-5H3,(H,37,41). The van der Waals surface area contributed by atoms with Crippen LogP contribution in [0.15, 0.2) is 77.8 Å². The summed E-state index contributed by atoms with van der Waals surface area (Å²) in [6.45, 7) is 9.43. The van der Waals surface area contributed by atoms with Gasteiger partial charge >= 0.3 is 12.3 Å². The number of hydrogen-bond acceptors (Lipinski definition) is 3. The number of ether oxygens (including phenoxy) is 1. The quantitative estimate of drug-likeness (QED) is 0.244. The molecular weight excluding hydrogens is 557 g/mol. The maximum absolute atomic E-state index is 13.1. The second-order valence-electron chi connectivity index (χ2n) is 11.8. The Hall–Kier alpha value is -4.34. The van der Waals surface area contributed by atoms with Gasteiger partial charge in [0.25, 0.3) is 0 Å². The van der Waals surface area contributed by atoms with E-state index in [1.54, 1.807) is 20.8 Å². The molecule has 4 aromatic rings. The van der Waals surface area contributed by atoms with Crippen molar-refractivity contribution in [1.82, 2.24) is 14.5 Å². The number of hydrogen-bond donors (Lipinski definition) is 1. The highest BCUT2D eigenvalue weighted by Crippen LogP contribution is 2.23. The highest BCUT2D eigenvalue weighted by atomic mass is 19.4. The maximum Gasteiger partial charge on any atom is 0.437 e. The van der Waals surface area contributed by atoms with E-state index < -0.39 is 36.2 Å². The molecule has 7 nitrogen and oxygen atoms in total. The van der Waals surface area contributed by atoms with Crippen LogP contribution in [-0.4, -0.2) is 39.5 Å². The van der Waals surface area contributed by atoms with Crippen LogP contribution < -0.4 is 10.9 Å². The van der Waals surface area contributed by atoms with Crippen molar-refractivity contribution in [3.05, 3.63) is 101 Å². The highest BCUT2D eigenvalue weighted by molar-refractivity contribution is 5.78. The number of nitrogens with one attached hydrogen (secondary N) is 1. The molecule has 1 aromatic heterocycles. The second kappa shape index (κ2) is 12.9. The first kappa shape index (κ1) is 31.6. The van der Waals surface area contributed by atoms with E-state index >= 15 is 0 Å². The number of halogens is 3. The summed E-state index contributed by atoms with van der Waals surface area (Å²) >= 11 is 0. The summed E-state index contributed by atoms with van der Waals surface area (Å²) in [4.78, 5) is 29.9. The van der Waals surface area contributed by atoms with E-state index in [1.165, 1.54) is 0 Å². The third-order valence-corrected chi connectivity index (χ3v) is 6.79. The van der Waals surface area contributed by atoms with Gasteiger partial charge in [-0.05, 0) is 64.3 Å². The Balaban J connectivity index is 1.91. The van der Waals surface area contributed by atoms with Crippen LogP contribution in [0.5, 0.6) is 0 Å². The Morgan fingerprint density at radius 1 is 0.860 bits per heavy atom. The summed E-state index contributed by atoms with van der Waals surface area (Å²) < 4.78 is 48.2. The predicted octanol–water partition coefficient (Wildman–Crippen LogP) is 6.80. The maximum atomic E-state index is 13.1. The molecule has 4 rings (SSSR count). The van der Waals surface area contributed by atoms with Crippen LogP contribution >= 0.6 is 0 Å². The molecule has 0 saturated carbocycles. The van der Waals surface area contributed by atoms with Crippen molar-refractivity contribution in [1.29, 1.82) is 0 Å². The van der Waals surface area contributed by atoms with Crippen molar-refractivity contribution in [2.24, 2.45) is 4.99 Å². The lowest BCUT2D eigenvalue weighted by Crippen LogP contribution is -2.39. The van der Waals surface area contributed by atoms with Crippen LogP contribution in [0.25, 0.3) is 11.0 Å². The fourth-order valence-corrected chi connectivity index (χ4v) is 4.84. The number of amides is 2. The number of carbonyl (C=O) groups is 2. The fraction of sp³-hybridized carbons (Fsp3) is 0.364. The molecule has 228 valence electrons. The van der Waals surface area contributed by atoms with Gasteiger partial charge in [-0.15, -0.1) is 4.99 Å². The van der Waals surface area contributed by atoms with E-state index in [0.717, 1.165) is 27.8 Å².